The van der Waals surface area contributed by atoms with Gasteiger partial charge in [0.15, 0.2) is 0 Å². The molecule has 2 saturated heterocycles. The van der Waals surface area contributed by atoms with Crippen molar-refractivity contribution in [3.8, 4) is 0 Å². The van der Waals surface area contributed by atoms with Crippen LogP contribution in [0.2, 0.25) is 0 Å². The highest BCUT2D eigenvalue weighted by atomic mass is 16.5. The summed E-state index contributed by atoms with van der Waals surface area (Å²) in [6.45, 7) is 5.97. The largest absolute Gasteiger partial charge is 0.465 e. The molecule has 0 saturated carbocycles. The highest BCUT2D eigenvalue weighted by Gasteiger charge is 2.20. The number of carbonyl (C=O) groups is 3. The molecule has 0 aliphatic carbocycles. The second-order valence-corrected chi connectivity index (χ2v) is 13.1. The first-order chi connectivity index (χ1) is 26.4. The topological polar surface area (TPSA) is 141 Å². The minimum atomic E-state index is -0.374. The molecular weight excluding hydrogens is 684 g/mol. The molecular formula is C43H54N4O7. The van der Waals surface area contributed by atoms with Crippen molar-refractivity contribution in [2.75, 3.05) is 64.0 Å². The Balaban J connectivity index is 0.000000212. The van der Waals surface area contributed by atoms with Gasteiger partial charge in [0.2, 0.25) is 0 Å². The van der Waals surface area contributed by atoms with Crippen LogP contribution in [0.4, 0.5) is 16.2 Å². The van der Waals surface area contributed by atoms with E-state index in [0.717, 1.165) is 93.6 Å². The van der Waals surface area contributed by atoms with Gasteiger partial charge in [-0.15, -0.1) is 0 Å². The third kappa shape index (κ3) is 14.3. The number of methoxy groups -OCH3 is 2. The number of amides is 2. The fourth-order valence-electron chi connectivity index (χ4n) is 5.83. The van der Waals surface area contributed by atoms with Gasteiger partial charge in [-0.25, -0.2) is 14.4 Å². The predicted octanol–water partition coefficient (Wildman–Crippen LogP) is 7.07. The van der Waals surface area contributed by atoms with E-state index in [4.69, 9.17) is 19.9 Å². The number of hydrogen-bond acceptors (Lipinski definition) is 9. The van der Waals surface area contributed by atoms with E-state index in [1.54, 1.807) is 29.2 Å². The monoisotopic (exact) mass is 738 g/mol. The molecule has 11 heteroatoms. The van der Waals surface area contributed by atoms with E-state index in [1.165, 1.54) is 14.2 Å². The van der Waals surface area contributed by atoms with Gasteiger partial charge < -0.3 is 35.3 Å². The molecule has 4 N–H and O–H groups in total. The predicted molar refractivity (Wildman–Crippen MR) is 211 cm³/mol. The van der Waals surface area contributed by atoms with Crippen LogP contribution in [-0.4, -0.2) is 71.7 Å². The van der Waals surface area contributed by atoms with E-state index in [9.17, 15) is 14.4 Å². The summed E-state index contributed by atoms with van der Waals surface area (Å²) in [5.74, 6) is 0.511. The molecule has 6 rings (SSSR count). The van der Waals surface area contributed by atoms with Crippen LogP contribution < -0.4 is 21.3 Å². The van der Waals surface area contributed by atoms with Gasteiger partial charge in [0.05, 0.1) is 31.9 Å². The van der Waals surface area contributed by atoms with Crippen LogP contribution in [-0.2, 0) is 32.0 Å². The second kappa shape index (κ2) is 23.4. The fraction of sp³-hybridized carbons (Fsp3) is 0.372. The lowest BCUT2D eigenvalue weighted by molar-refractivity contribution is 0.0592. The van der Waals surface area contributed by atoms with E-state index in [0.29, 0.717) is 30.1 Å². The molecule has 54 heavy (non-hydrogen) atoms. The van der Waals surface area contributed by atoms with Crippen LogP contribution in [0.15, 0.2) is 109 Å². The number of nitrogens with one attached hydrogen (secondary N) is 2. The SMILES string of the molecule is COC(=O)c1ccc(CN(C(=O)NCC2CCOCC2)c2ccccc2)cc1.COC(=O)c1ccc(CNc2ccccc2)cc1.NCC1CCOCC1. The summed E-state index contributed by atoms with van der Waals surface area (Å²) in [6, 6.07) is 33.9. The van der Waals surface area contributed by atoms with Crippen LogP contribution in [0.5, 0.6) is 0 Å². The zero-order valence-corrected chi connectivity index (χ0v) is 31.4. The molecule has 4 aromatic carbocycles. The minimum absolute atomic E-state index is 0.130. The third-order valence-corrected chi connectivity index (χ3v) is 9.23. The summed E-state index contributed by atoms with van der Waals surface area (Å²) >= 11 is 0. The van der Waals surface area contributed by atoms with Crippen molar-refractivity contribution >= 4 is 29.3 Å². The molecule has 0 bridgehead atoms. The molecule has 2 amide bonds. The van der Waals surface area contributed by atoms with Crippen LogP contribution in [0.3, 0.4) is 0 Å². The molecule has 2 aliphatic heterocycles. The highest BCUT2D eigenvalue weighted by Crippen LogP contribution is 2.19. The Morgan fingerprint density at radius 3 is 1.63 bits per heavy atom. The van der Waals surface area contributed by atoms with Gasteiger partial charge in [0.25, 0.3) is 0 Å². The van der Waals surface area contributed by atoms with Crippen LogP contribution in [0, 0.1) is 11.8 Å². The molecule has 2 fully saturated rings. The number of nitrogens with zero attached hydrogens (tertiary/aromatic N) is 1. The van der Waals surface area contributed by atoms with Gasteiger partial charge >= 0.3 is 18.0 Å². The smallest absolute Gasteiger partial charge is 0.337 e. The number of para-hydroxylation sites is 2. The summed E-state index contributed by atoms with van der Waals surface area (Å²) in [5.41, 5.74) is 10.5. The molecule has 2 aliphatic rings. The Morgan fingerprint density at radius 1 is 0.667 bits per heavy atom. The van der Waals surface area contributed by atoms with Crippen LogP contribution in [0.1, 0.15) is 57.5 Å². The Hall–Kier alpha value is -5.23. The van der Waals surface area contributed by atoms with Gasteiger partial charge in [-0.1, -0.05) is 60.7 Å². The van der Waals surface area contributed by atoms with Crippen molar-refractivity contribution in [3.63, 3.8) is 0 Å². The summed E-state index contributed by atoms with van der Waals surface area (Å²) < 4.78 is 19.9. The minimum Gasteiger partial charge on any atom is -0.465 e. The van der Waals surface area contributed by atoms with Gasteiger partial charge in [-0.05, 0) is 104 Å². The number of nitrogens with two attached hydrogens (primary N) is 1. The number of rotatable bonds is 11. The fourth-order valence-corrected chi connectivity index (χ4v) is 5.83. The molecule has 2 heterocycles. The standard InChI is InChI=1S/C22H26N2O4.C15H15NO2.C6H13NO/c1-27-21(25)19-9-7-18(8-10-19)16-24(20-5-3-2-4-6-20)22(26)23-15-17-11-13-28-14-12-17;1-18-15(17)13-9-7-12(8-10-13)11-16-14-5-3-2-4-6-14;7-5-6-1-3-8-4-2-6/h2-10,17H,11-16H2,1H3,(H,23,26);2-10,16H,11H2,1H3;6H,1-5,7H2. The maximum absolute atomic E-state index is 12.9. The van der Waals surface area contributed by atoms with Crippen LogP contribution >= 0.6 is 0 Å². The van der Waals surface area contributed by atoms with Crippen molar-refractivity contribution in [3.05, 3.63) is 131 Å². The number of ether oxygens (including phenoxy) is 4. The zero-order chi connectivity index (χ0) is 38.4. The maximum atomic E-state index is 12.9. The molecule has 0 atom stereocenters. The number of urea groups is 1. The van der Waals surface area contributed by atoms with E-state index < -0.39 is 0 Å². The number of esters is 2. The first-order valence-electron chi connectivity index (χ1n) is 18.5. The lowest BCUT2D eigenvalue weighted by atomic mass is 10.0. The van der Waals surface area contributed by atoms with Crippen LogP contribution in [0.25, 0.3) is 0 Å². The Bertz CT molecular complexity index is 1660. The highest BCUT2D eigenvalue weighted by molar-refractivity contribution is 5.92. The Morgan fingerprint density at radius 2 is 1.15 bits per heavy atom. The number of anilines is 2. The number of hydrogen-bond donors (Lipinski definition) is 3. The average molecular weight is 739 g/mol. The van der Waals surface area contributed by atoms with Gasteiger partial charge in [0, 0.05) is 50.9 Å². The molecule has 0 unspecified atom stereocenters. The van der Waals surface area contributed by atoms with Crippen molar-refractivity contribution < 1.29 is 33.3 Å². The van der Waals surface area contributed by atoms with Gasteiger partial charge in [-0.2, -0.15) is 0 Å². The quantitative estimate of drug-likeness (QED) is 0.138. The Kier molecular flexibility index (Phi) is 18.0. The zero-order valence-electron chi connectivity index (χ0n) is 31.4. The van der Waals surface area contributed by atoms with Crippen molar-refractivity contribution in [2.24, 2.45) is 17.6 Å². The van der Waals surface area contributed by atoms with E-state index in [-0.39, 0.29) is 18.0 Å². The first kappa shape index (κ1) is 41.5. The molecule has 288 valence electrons. The second-order valence-electron chi connectivity index (χ2n) is 13.1. The molecule has 11 nitrogen and oxygen atoms in total. The molecule has 4 aromatic rings. The van der Waals surface area contributed by atoms with Crippen molar-refractivity contribution in [1.82, 2.24) is 5.32 Å². The van der Waals surface area contributed by atoms with Crippen molar-refractivity contribution in [2.45, 2.75) is 38.8 Å². The maximum Gasteiger partial charge on any atom is 0.337 e. The average Bonchev–Trinajstić information content (AvgIpc) is 3.25. The molecule has 0 radical (unpaired) electrons. The molecule has 0 spiro atoms. The summed E-state index contributed by atoms with van der Waals surface area (Å²) in [7, 11) is 2.74. The van der Waals surface area contributed by atoms with E-state index >= 15 is 0 Å². The number of benzene rings is 4. The first-order valence-corrected chi connectivity index (χ1v) is 18.5. The van der Waals surface area contributed by atoms with Gasteiger partial charge in [-0.3, -0.25) is 4.90 Å². The molecule has 0 aromatic heterocycles. The Labute approximate surface area is 319 Å². The third-order valence-electron chi connectivity index (χ3n) is 9.23. The van der Waals surface area contributed by atoms with Crippen molar-refractivity contribution in [1.29, 1.82) is 0 Å². The van der Waals surface area contributed by atoms with Gasteiger partial charge in [0.1, 0.15) is 0 Å². The van der Waals surface area contributed by atoms with E-state index in [1.807, 2.05) is 84.9 Å². The lowest BCUT2D eigenvalue weighted by Crippen LogP contribution is -2.42. The summed E-state index contributed by atoms with van der Waals surface area (Å²) in [5, 5.41) is 6.37. The normalized spacial score (nSPS) is 14.2. The number of carbonyl (C=O) groups excluding carboxylic acids is 3. The van der Waals surface area contributed by atoms with E-state index in [2.05, 4.69) is 15.4 Å². The summed E-state index contributed by atoms with van der Waals surface area (Å²) in [6.07, 6.45) is 4.27. The lowest BCUT2D eigenvalue weighted by Gasteiger charge is -2.26. The summed E-state index contributed by atoms with van der Waals surface area (Å²) in [4.78, 5) is 37.5.